The number of hydrogen-bond donors (Lipinski definition) is 0. The minimum Gasteiger partial charge on any atom is -0.464 e. The summed E-state index contributed by atoms with van der Waals surface area (Å²) in [4.78, 5) is 14.9. The molecular formula is C23H29NO3. The number of benzene rings is 2. The Morgan fingerprint density at radius 2 is 1.48 bits per heavy atom. The van der Waals surface area contributed by atoms with E-state index in [1.807, 2.05) is 48.5 Å². The van der Waals surface area contributed by atoms with Crippen molar-refractivity contribution in [2.45, 2.75) is 52.1 Å². The Bertz CT molecular complexity index is 731. The first-order chi connectivity index (χ1) is 13.0. The summed E-state index contributed by atoms with van der Waals surface area (Å²) in [5, 5.41) is 0. The van der Waals surface area contributed by atoms with Gasteiger partial charge in [-0.3, -0.25) is 9.69 Å². The van der Waals surface area contributed by atoms with E-state index in [4.69, 9.17) is 9.47 Å². The van der Waals surface area contributed by atoms with Crippen LogP contribution >= 0.6 is 0 Å². The molecule has 1 aliphatic heterocycles. The van der Waals surface area contributed by atoms with Gasteiger partial charge < -0.3 is 9.47 Å². The summed E-state index contributed by atoms with van der Waals surface area (Å²) in [7, 11) is 0. The normalized spacial score (nSPS) is 13.4. The lowest BCUT2D eigenvalue weighted by Gasteiger charge is -2.30. The van der Waals surface area contributed by atoms with Crippen LogP contribution in [-0.4, -0.2) is 36.1 Å². The fourth-order valence-electron chi connectivity index (χ4n) is 3.83. The minimum absolute atomic E-state index is 0.0371. The molecule has 2 aromatic carbocycles. The van der Waals surface area contributed by atoms with Gasteiger partial charge in [0, 0.05) is 35.7 Å². The van der Waals surface area contributed by atoms with Crippen molar-refractivity contribution in [3.05, 3.63) is 59.7 Å². The van der Waals surface area contributed by atoms with E-state index < -0.39 is 0 Å². The fourth-order valence-corrected chi connectivity index (χ4v) is 3.83. The molecule has 0 saturated heterocycles. The van der Waals surface area contributed by atoms with E-state index in [0.717, 1.165) is 29.2 Å². The molecule has 1 aliphatic rings. The Morgan fingerprint density at radius 3 is 2.00 bits per heavy atom. The molecule has 0 aliphatic carbocycles. The van der Waals surface area contributed by atoms with Crippen molar-refractivity contribution in [1.82, 2.24) is 4.90 Å². The molecule has 0 aromatic heterocycles. The van der Waals surface area contributed by atoms with Crippen LogP contribution < -0.4 is 4.74 Å². The van der Waals surface area contributed by atoms with Crippen LogP contribution in [0.3, 0.4) is 0 Å². The van der Waals surface area contributed by atoms with Crippen molar-refractivity contribution in [2.24, 2.45) is 0 Å². The van der Waals surface area contributed by atoms with Crippen molar-refractivity contribution in [3.8, 4) is 11.5 Å². The predicted octanol–water partition coefficient (Wildman–Crippen LogP) is 4.98. The van der Waals surface area contributed by atoms with Crippen LogP contribution in [0.2, 0.25) is 0 Å². The molecule has 0 bridgehead atoms. The van der Waals surface area contributed by atoms with Gasteiger partial charge in [-0.05, 0) is 39.8 Å². The quantitative estimate of drug-likeness (QED) is 0.647. The summed E-state index contributed by atoms with van der Waals surface area (Å²) < 4.78 is 11.6. The molecule has 0 unspecified atom stereocenters. The average Bonchev–Trinajstić information content (AvgIpc) is 2.64. The van der Waals surface area contributed by atoms with E-state index in [1.54, 1.807) is 0 Å². The lowest BCUT2D eigenvalue weighted by molar-refractivity contribution is -0.144. The second kappa shape index (κ2) is 8.57. The fraction of sp³-hybridized carbons (Fsp3) is 0.435. The zero-order valence-electron chi connectivity index (χ0n) is 16.6. The van der Waals surface area contributed by atoms with Gasteiger partial charge in [0.1, 0.15) is 18.1 Å². The molecular weight excluding hydrogens is 338 g/mol. The maximum Gasteiger partial charge on any atom is 0.306 e. The van der Waals surface area contributed by atoms with Gasteiger partial charge in [0.25, 0.3) is 0 Å². The highest BCUT2D eigenvalue weighted by molar-refractivity contribution is 5.72. The number of hydrogen-bond acceptors (Lipinski definition) is 4. The molecule has 0 N–H and O–H groups in total. The Balaban J connectivity index is 1.68. The monoisotopic (exact) mass is 367 g/mol. The number of esters is 1. The van der Waals surface area contributed by atoms with Crippen molar-refractivity contribution >= 4 is 5.97 Å². The molecule has 0 saturated carbocycles. The lowest BCUT2D eigenvalue weighted by atomic mass is 9.85. The highest BCUT2D eigenvalue weighted by Gasteiger charge is 2.29. The summed E-state index contributed by atoms with van der Waals surface area (Å²) in [6.07, 6.45) is 0.320. The number of carbonyl (C=O) groups is 1. The maximum atomic E-state index is 12.6. The molecule has 4 heteroatoms. The summed E-state index contributed by atoms with van der Waals surface area (Å²) in [5.41, 5.74) is 2.08. The second-order valence-electron chi connectivity index (χ2n) is 7.58. The zero-order chi connectivity index (χ0) is 19.4. The second-order valence-corrected chi connectivity index (χ2v) is 7.58. The Morgan fingerprint density at radius 1 is 0.963 bits per heavy atom. The molecule has 144 valence electrons. The Hall–Kier alpha value is -2.33. The standard InChI is InChI=1S/C23H29NO3/c1-16(2)24(17(3)4)13-14-26-23(25)15-20-18-9-5-7-11-21(18)27-22-12-8-6-10-19(20)22/h5-12,16-17,20H,13-15H2,1-4H3. The number of rotatable bonds is 7. The molecule has 0 atom stereocenters. The Labute approximate surface area is 162 Å². The molecule has 0 spiro atoms. The highest BCUT2D eigenvalue weighted by Crippen LogP contribution is 2.45. The maximum absolute atomic E-state index is 12.6. The first kappa shape index (κ1) is 19.4. The van der Waals surface area contributed by atoms with Gasteiger partial charge in [-0.1, -0.05) is 36.4 Å². The van der Waals surface area contributed by atoms with Gasteiger partial charge in [-0.2, -0.15) is 0 Å². The number of fused-ring (bicyclic) bond motifs is 2. The summed E-state index contributed by atoms with van der Waals surface area (Å²) >= 11 is 0. The first-order valence-corrected chi connectivity index (χ1v) is 9.74. The first-order valence-electron chi connectivity index (χ1n) is 9.74. The van der Waals surface area contributed by atoms with Crippen LogP contribution in [0.4, 0.5) is 0 Å². The van der Waals surface area contributed by atoms with Gasteiger partial charge in [0.2, 0.25) is 0 Å². The molecule has 1 heterocycles. The van der Waals surface area contributed by atoms with Gasteiger partial charge in [-0.15, -0.1) is 0 Å². The number of carbonyl (C=O) groups excluding carboxylic acids is 1. The summed E-state index contributed by atoms with van der Waals surface area (Å²) in [6, 6.07) is 16.7. The van der Waals surface area contributed by atoms with Gasteiger partial charge >= 0.3 is 5.97 Å². The van der Waals surface area contributed by atoms with E-state index in [9.17, 15) is 4.79 Å². The Kier molecular flexibility index (Phi) is 6.17. The predicted molar refractivity (Wildman–Crippen MR) is 107 cm³/mol. The molecule has 4 nitrogen and oxygen atoms in total. The molecule has 0 fully saturated rings. The molecule has 3 rings (SSSR count). The average molecular weight is 367 g/mol. The van der Waals surface area contributed by atoms with E-state index >= 15 is 0 Å². The number of para-hydroxylation sites is 2. The van der Waals surface area contributed by atoms with Crippen molar-refractivity contribution < 1.29 is 14.3 Å². The third-order valence-electron chi connectivity index (χ3n) is 5.12. The minimum atomic E-state index is -0.168. The van der Waals surface area contributed by atoms with E-state index in [0.29, 0.717) is 25.1 Å². The van der Waals surface area contributed by atoms with Gasteiger partial charge in [0.05, 0.1) is 6.42 Å². The van der Waals surface area contributed by atoms with Crippen LogP contribution in [0, 0.1) is 0 Å². The third-order valence-corrected chi connectivity index (χ3v) is 5.12. The smallest absolute Gasteiger partial charge is 0.306 e. The van der Waals surface area contributed by atoms with Gasteiger partial charge in [-0.25, -0.2) is 0 Å². The van der Waals surface area contributed by atoms with Crippen molar-refractivity contribution in [1.29, 1.82) is 0 Å². The molecule has 27 heavy (non-hydrogen) atoms. The molecule has 0 amide bonds. The van der Waals surface area contributed by atoms with Crippen LogP contribution in [0.25, 0.3) is 0 Å². The SMILES string of the molecule is CC(C)N(CCOC(=O)CC1c2ccccc2Oc2ccccc21)C(C)C. The topological polar surface area (TPSA) is 38.8 Å². The van der Waals surface area contributed by atoms with Crippen LogP contribution in [0.15, 0.2) is 48.5 Å². The van der Waals surface area contributed by atoms with E-state index in [1.165, 1.54) is 0 Å². The molecule has 0 radical (unpaired) electrons. The zero-order valence-corrected chi connectivity index (χ0v) is 16.6. The lowest BCUT2D eigenvalue weighted by Crippen LogP contribution is -2.39. The number of ether oxygens (including phenoxy) is 2. The number of nitrogens with zero attached hydrogens (tertiary/aromatic N) is 1. The van der Waals surface area contributed by atoms with E-state index in [2.05, 4.69) is 32.6 Å². The highest BCUT2D eigenvalue weighted by atomic mass is 16.5. The van der Waals surface area contributed by atoms with Crippen LogP contribution in [0.5, 0.6) is 11.5 Å². The third kappa shape index (κ3) is 4.51. The van der Waals surface area contributed by atoms with Crippen molar-refractivity contribution in [2.75, 3.05) is 13.2 Å². The van der Waals surface area contributed by atoms with Crippen LogP contribution in [-0.2, 0) is 9.53 Å². The van der Waals surface area contributed by atoms with Crippen molar-refractivity contribution in [3.63, 3.8) is 0 Å². The summed E-state index contributed by atoms with van der Waals surface area (Å²) in [6.45, 7) is 9.83. The summed E-state index contributed by atoms with van der Waals surface area (Å²) in [5.74, 6) is 1.43. The van der Waals surface area contributed by atoms with E-state index in [-0.39, 0.29) is 11.9 Å². The van der Waals surface area contributed by atoms with Gasteiger partial charge in [0.15, 0.2) is 0 Å². The largest absolute Gasteiger partial charge is 0.464 e. The molecule has 2 aromatic rings. The van der Waals surface area contributed by atoms with Crippen LogP contribution in [0.1, 0.15) is 51.2 Å².